The van der Waals surface area contributed by atoms with Gasteiger partial charge in [-0.2, -0.15) is 0 Å². The summed E-state index contributed by atoms with van der Waals surface area (Å²) in [5, 5.41) is 0. The van der Waals surface area contributed by atoms with Crippen LogP contribution in [0.25, 0.3) is 0 Å². The zero-order valence-electron chi connectivity index (χ0n) is 8.14. The Labute approximate surface area is 84.6 Å². The van der Waals surface area contributed by atoms with Gasteiger partial charge in [-0.15, -0.1) is 0 Å². The minimum absolute atomic E-state index is 1.15. The maximum atomic E-state index is 3.07. The van der Waals surface area contributed by atoms with Crippen molar-refractivity contribution in [2.45, 2.75) is 0 Å². The van der Waals surface area contributed by atoms with E-state index < -0.39 is 0 Å². The topological polar surface area (TPSA) is 3.24 Å². The van der Waals surface area contributed by atoms with Crippen LogP contribution >= 0.6 is 0 Å². The van der Waals surface area contributed by atoms with Gasteiger partial charge in [0.25, 0.3) is 0 Å². The number of anilines is 2. The van der Waals surface area contributed by atoms with Crippen molar-refractivity contribution >= 4 is 11.4 Å². The number of benzene rings is 2. The average molecular weight is 182 g/mol. The van der Waals surface area contributed by atoms with E-state index in [0.29, 0.717) is 0 Å². The molecule has 2 aromatic carbocycles. The lowest BCUT2D eigenvalue weighted by atomic mass is 10.2. The van der Waals surface area contributed by atoms with E-state index in [2.05, 4.69) is 36.2 Å². The molecular formula is C13H12N. The SMILES string of the molecule is CN(c1c[c]ccc1)c1ccccc1. The summed E-state index contributed by atoms with van der Waals surface area (Å²) >= 11 is 0. The summed E-state index contributed by atoms with van der Waals surface area (Å²) in [7, 11) is 2.05. The number of hydrogen-bond acceptors (Lipinski definition) is 1. The third kappa shape index (κ3) is 1.77. The third-order valence-corrected chi connectivity index (χ3v) is 2.22. The van der Waals surface area contributed by atoms with Gasteiger partial charge in [0.1, 0.15) is 0 Å². The molecule has 0 bridgehead atoms. The Bertz CT molecular complexity index is 341. The lowest BCUT2D eigenvalue weighted by molar-refractivity contribution is 1.21. The predicted molar refractivity (Wildman–Crippen MR) is 59.8 cm³/mol. The molecule has 0 saturated heterocycles. The summed E-state index contributed by atoms with van der Waals surface area (Å²) in [5.41, 5.74) is 2.34. The number of rotatable bonds is 2. The van der Waals surface area contributed by atoms with Crippen molar-refractivity contribution in [3.05, 3.63) is 60.7 Å². The van der Waals surface area contributed by atoms with E-state index in [9.17, 15) is 0 Å². The summed E-state index contributed by atoms with van der Waals surface area (Å²) < 4.78 is 0. The Balaban J connectivity index is 2.30. The van der Waals surface area contributed by atoms with E-state index >= 15 is 0 Å². The van der Waals surface area contributed by atoms with E-state index in [1.807, 2.05) is 36.4 Å². The van der Waals surface area contributed by atoms with E-state index in [4.69, 9.17) is 0 Å². The van der Waals surface area contributed by atoms with Gasteiger partial charge in [-0.1, -0.05) is 30.3 Å². The van der Waals surface area contributed by atoms with Crippen molar-refractivity contribution in [1.82, 2.24) is 0 Å². The molecule has 1 heteroatoms. The van der Waals surface area contributed by atoms with Crippen molar-refractivity contribution in [3.8, 4) is 0 Å². The van der Waals surface area contributed by atoms with Gasteiger partial charge in [0, 0.05) is 18.4 Å². The van der Waals surface area contributed by atoms with Crippen LogP contribution in [0.3, 0.4) is 0 Å². The van der Waals surface area contributed by atoms with Crippen LogP contribution in [0, 0.1) is 6.07 Å². The lowest BCUT2D eigenvalue weighted by Gasteiger charge is -2.18. The number of hydrogen-bond donors (Lipinski definition) is 0. The second-order valence-electron chi connectivity index (χ2n) is 3.16. The van der Waals surface area contributed by atoms with E-state index in [0.717, 1.165) is 5.69 Å². The lowest BCUT2D eigenvalue weighted by Crippen LogP contribution is -2.08. The normalized spacial score (nSPS) is 9.79. The Hall–Kier alpha value is -1.76. The molecule has 0 saturated carbocycles. The number of para-hydroxylation sites is 1. The zero-order chi connectivity index (χ0) is 9.80. The highest BCUT2D eigenvalue weighted by atomic mass is 15.1. The molecule has 0 aliphatic heterocycles. The minimum atomic E-state index is 1.15. The van der Waals surface area contributed by atoms with Crippen LogP contribution in [0.1, 0.15) is 0 Å². The average Bonchev–Trinajstić information content (AvgIpc) is 2.30. The van der Waals surface area contributed by atoms with Gasteiger partial charge in [0.2, 0.25) is 0 Å². The van der Waals surface area contributed by atoms with E-state index in [1.165, 1.54) is 5.69 Å². The van der Waals surface area contributed by atoms with Crippen LogP contribution < -0.4 is 4.90 Å². The molecule has 14 heavy (non-hydrogen) atoms. The third-order valence-electron chi connectivity index (χ3n) is 2.22. The number of nitrogens with zero attached hydrogens (tertiary/aromatic N) is 1. The molecule has 2 aromatic rings. The van der Waals surface area contributed by atoms with Crippen molar-refractivity contribution in [3.63, 3.8) is 0 Å². The molecular weight excluding hydrogens is 170 g/mol. The minimum Gasteiger partial charge on any atom is -0.345 e. The first-order valence-electron chi connectivity index (χ1n) is 4.63. The zero-order valence-corrected chi connectivity index (χ0v) is 8.14. The monoisotopic (exact) mass is 182 g/mol. The van der Waals surface area contributed by atoms with Crippen molar-refractivity contribution in [2.24, 2.45) is 0 Å². The predicted octanol–water partition coefficient (Wildman–Crippen LogP) is 3.25. The first kappa shape index (κ1) is 8.82. The van der Waals surface area contributed by atoms with Gasteiger partial charge >= 0.3 is 0 Å². The fourth-order valence-corrected chi connectivity index (χ4v) is 1.39. The second-order valence-corrected chi connectivity index (χ2v) is 3.16. The van der Waals surface area contributed by atoms with Crippen LogP contribution in [0.4, 0.5) is 11.4 Å². The summed E-state index contributed by atoms with van der Waals surface area (Å²) in [6.45, 7) is 0. The largest absolute Gasteiger partial charge is 0.345 e. The van der Waals surface area contributed by atoms with Gasteiger partial charge in [-0.25, -0.2) is 0 Å². The van der Waals surface area contributed by atoms with Crippen molar-refractivity contribution < 1.29 is 0 Å². The maximum Gasteiger partial charge on any atom is 0.0414 e. The molecule has 0 N–H and O–H groups in total. The Morgan fingerprint density at radius 3 is 2.29 bits per heavy atom. The molecule has 2 rings (SSSR count). The summed E-state index contributed by atoms with van der Waals surface area (Å²) in [6.07, 6.45) is 0. The molecule has 0 aromatic heterocycles. The van der Waals surface area contributed by atoms with Gasteiger partial charge in [0.05, 0.1) is 0 Å². The summed E-state index contributed by atoms with van der Waals surface area (Å²) in [6, 6.07) is 21.3. The van der Waals surface area contributed by atoms with Crippen molar-refractivity contribution in [2.75, 3.05) is 11.9 Å². The molecule has 0 aliphatic carbocycles. The molecule has 0 amide bonds. The first-order chi connectivity index (χ1) is 6.88. The van der Waals surface area contributed by atoms with Crippen molar-refractivity contribution in [1.29, 1.82) is 0 Å². The van der Waals surface area contributed by atoms with Gasteiger partial charge in [-0.3, -0.25) is 0 Å². The van der Waals surface area contributed by atoms with Gasteiger partial charge in [0.15, 0.2) is 0 Å². The molecule has 0 spiro atoms. The Kier molecular flexibility index (Phi) is 2.50. The fraction of sp³-hybridized carbons (Fsp3) is 0.0769. The molecule has 0 unspecified atom stereocenters. The van der Waals surface area contributed by atoms with Crippen LogP contribution in [-0.2, 0) is 0 Å². The molecule has 0 fully saturated rings. The van der Waals surface area contributed by atoms with Gasteiger partial charge < -0.3 is 4.90 Å². The van der Waals surface area contributed by atoms with Crippen LogP contribution in [0.2, 0.25) is 0 Å². The molecule has 1 radical (unpaired) electrons. The standard InChI is InChI=1S/C13H12N/c1-14(12-8-4-2-5-9-12)13-10-6-3-7-11-13/h2-6,8-11H,1H3. The molecule has 69 valence electrons. The Morgan fingerprint density at radius 2 is 1.64 bits per heavy atom. The fourth-order valence-electron chi connectivity index (χ4n) is 1.39. The van der Waals surface area contributed by atoms with Gasteiger partial charge in [-0.05, 0) is 30.3 Å². The molecule has 1 nitrogen and oxygen atoms in total. The smallest absolute Gasteiger partial charge is 0.0414 e. The van der Waals surface area contributed by atoms with E-state index in [1.54, 1.807) is 0 Å². The quantitative estimate of drug-likeness (QED) is 0.689. The molecule has 0 aliphatic rings. The maximum absolute atomic E-state index is 3.07. The van der Waals surface area contributed by atoms with Crippen LogP contribution in [-0.4, -0.2) is 7.05 Å². The summed E-state index contributed by atoms with van der Waals surface area (Å²) in [5.74, 6) is 0. The Morgan fingerprint density at radius 1 is 0.929 bits per heavy atom. The summed E-state index contributed by atoms with van der Waals surface area (Å²) in [4.78, 5) is 2.14. The highest BCUT2D eigenvalue weighted by Gasteiger charge is 2.00. The molecule has 0 atom stereocenters. The highest BCUT2D eigenvalue weighted by molar-refractivity contribution is 5.61. The molecule has 0 heterocycles. The van der Waals surface area contributed by atoms with Crippen LogP contribution in [0.5, 0.6) is 0 Å². The first-order valence-corrected chi connectivity index (χ1v) is 4.63. The highest BCUT2D eigenvalue weighted by Crippen LogP contribution is 2.21. The van der Waals surface area contributed by atoms with Crippen LogP contribution in [0.15, 0.2) is 54.6 Å². The second kappa shape index (κ2) is 3.97. The van der Waals surface area contributed by atoms with E-state index in [-0.39, 0.29) is 0 Å².